The fourth-order valence-electron chi connectivity index (χ4n) is 7.43. The Morgan fingerprint density at radius 1 is 0.652 bits per heavy atom. The number of rotatable bonds is 31. The molecule has 4 atom stereocenters. The fraction of sp³-hybridized carbons (Fsp3) is 0.951. The number of hydrogen-bond acceptors (Lipinski definition) is 5. The Labute approximate surface area is 287 Å². The molecule has 1 rings (SSSR count). The molecule has 0 aromatic carbocycles. The third kappa shape index (κ3) is 22.5. The average molecular weight is 650 g/mol. The molecule has 0 aromatic rings. The van der Waals surface area contributed by atoms with Crippen LogP contribution in [0.1, 0.15) is 201 Å². The molecule has 1 aliphatic carbocycles. The van der Waals surface area contributed by atoms with Gasteiger partial charge in [0.2, 0.25) is 0 Å². The number of hydrogen-bond donors (Lipinski definition) is 0. The predicted molar refractivity (Wildman–Crippen MR) is 196 cm³/mol. The summed E-state index contributed by atoms with van der Waals surface area (Å²) in [7, 11) is 4.05. The smallest absolute Gasteiger partial charge is 0.306 e. The molecule has 4 unspecified atom stereocenters. The molecule has 0 radical (unpaired) electrons. The Bertz CT molecular complexity index is 709. The number of ether oxygens (including phenoxy) is 2. The van der Waals surface area contributed by atoms with Crippen LogP contribution < -0.4 is 0 Å². The van der Waals surface area contributed by atoms with Gasteiger partial charge in [-0.3, -0.25) is 9.59 Å². The molecular formula is C41H79NO4. The highest BCUT2D eigenvalue weighted by molar-refractivity contribution is 5.70. The summed E-state index contributed by atoms with van der Waals surface area (Å²) in [6, 6.07) is 0. The molecule has 272 valence electrons. The first-order valence-electron chi connectivity index (χ1n) is 20.3. The zero-order valence-corrected chi connectivity index (χ0v) is 31.8. The van der Waals surface area contributed by atoms with Crippen LogP contribution in [0.5, 0.6) is 0 Å². The Morgan fingerprint density at radius 2 is 1.15 bits per heavy atom. The number of unbranched alkanes of at least 4 members (excludes halogenated alkanes) is 15. The highest BCUT2D eigenvalue weighted by Crippen LogP contribution is 2.37. The van der Waals surface area contributed by atoms with Gasteiger partial charge in [-0.25, -0.2) is 0 Å². The van der Waals surface area contributed by atoms with Gasteiger partial charge in [0.15, 0.2) is 0 Å². The number of carbonyl (C=O) groups is 2. The van der Waals surface area contributed by atoms with E-state index in [0.717, 1.165) is 45.1 Å². The van der Waals surface area contributed by atoms with Gasteiger partial charge in [0.05, 0.1) is 0 Å². The van der Waals surface area contributed by atoms with E-state index in [0.29, 0.717) is 18.8 Å². The van der Waals surface area contributed by atoms with Crippen molar-refractivity contribution in [1.82, 2.24) is 4.90 Å². The molecule has 1 fully saturated rings. The van der Waals surface area contributed by atoms with Crippen LogP contribution in [-0.2, 0) is 19.1 Å². The molecule has 0 aromatic heterocycles. The number of nitrogens with zero attached hydrogens (tertiary/aromatic N) is 1. The van der Waals surface area contributed by atoms with E-state index in [1.54, 1.807) is 0 Å². The second kappa shape index (κ2) is 28.9. The Morgan fingerprint density at radius 3 is 1.67 bits per heavy atom. The van der Waals surface area contributed by atoms with Gasteiger partial charge in [0, 0.05) is 12.8 Å². The summed E-state index contributed by atoms with van der Waals surface area (Å²) < 4.78 is 12.2. The van der Waals surface area contributed by atoms with Crippen LogP contribution in [0, 0.1) is 17.8 Å². The van der Waals surface area contributed by atoms with Crippen molar-refractivity contribution in [1.29, 1.82) is 0 Å². The van der Waals surface area contributed by atoms with Crippen molar-refractivity contribution < 1.29 is 19.1 Å². The molecule has 5 nitrogen and oxygen atoms in total. The Hall–Kier alpha value is -1.10. The summed E-state index contributed by atoms with van der Waals surface area (Å²) in [4.78, 5) is 28.0. The van der Waals surface area contributed by atoms with Crippen LogP contribution in [0.15, 0.2) is 0 Å². The lowest BCUT2D eigenvalue weighted by Crippen LogP contribution is -2.27. The number of esters is 2. The van der Waals surface area contributed by atoms with Gasteiger partial charge in [-0.05, 0) is 76.9 Å². The first-order chi connectivity index (χ1) is 22.3. The van der Waals surface area contributed by atoms with E-state index in [1.165, 1.54) is 122 Å². The van der Waals surface area contributed by atoms with Gasteiger partial charge in [-0.2, -0.15) is 0 Å². The maximum Gasteiger partial charge on any atom is 0.306 e. The van der Waals surface area contributed by atoms with E-state index in [1.807, 2.05) is 14.1 Å². The molecule has 0 amide bonds. The van der Waals surface area contributed by atoms with E-state index in [9.17, 15) is 9.59 Å². The molecule has 0 N–H and O–H groups in total. The first kappa shape index (κ1) is 42.9. The molecule has 0 spiro atoms. The minimum Gasteiger partial charge on any atom is -0.462 e. The molecule has 0 heterocycles. The molecule has 1 saturated carbocycles. The summed E-state index contributed by atoms with van der Waals surface area (Å²) in [6.07, 6.45) is 31.8. The maximum atomic E-state index is 13.4. The van der Waals surface area contributed by atoms with Gasteiger partial charge in [0.1, 0.15) is 12.2 Å². The van der Waals surface area contributed by atoms with Crippen molar-refractivity contribution in [3.63, 3.8) is 0 Å². The maximum absolute atomic E-state index is 13.4. The second-order valence-corrected chi connectivity index (χ2v) is 15.2. The summed E-state index contributed by atoms with van der Waals surface area (Å²) in [5, 5.41) is 0. The Kier molecular flexibility index (Phi) is 26.9. The van der Waals surface area contributed by atoms with E-state index in [2.05, 4.69) is 32.6 Å². The SMILES string of the molecule is CCCCCCCCC(CCCCCCCC)CC(CCCCCCCC)OC(=O)CC1CCC(OC(=O)CCCN(C)C)C1C. The van der Waals surface area contributed by atoms with Crippen molar-refractivity contribution in [3.05, 3.63) is 0 Å². The average Bonchev–Trinajstić information content (AvgIpc) is 3.35. The predicted octanol–water partition coefficient (Wildman–Crippen LogP) is 11.8. The van der Waals surface area contributed by atoms with Crippen molar-refractivity contribution >= 4 is 11.9 Å². The lowest BCUT2D eigenvalue weighted by Gasteiger charge is -2.26. The van der Waals surface area contributed by atoms with Crippen LogP contribution in [0.4, 0.5) is 0 Å². The van der Waals surface area contributed by atoms with Crippen LogP contribution in [-0.4, -0.2) is 49.7 Å². The van der Waals surface area contributed by atoms with Gasteiger partial charge in [-0.1, -0.05) is 150 Å². The number of carbonyl (C=O) groups excluding carboxylic acids is 2. The summed E-state index contributed by atoms with van der Waals surface area (Å²) in [5.74, 6) is 0.989. The van der Waals surface area contributed by atoms with Gasteiger partial charge in [-0.15, -0.1) is 0 Å². The third-order valence-corrected chi connectivity index (χ3v) is 10.6. The van der Waals surface area contributed by atoms with E-state index >= 15 is 0 Å². The first-order valence-corrected chi connectivity index (χ1v) is 20.3. The minimum atomic E-state index is -0.0947. The van der Waals surface area contributed by atoms with Crippen LogP contribution >= 0.6 is 0 Å². The van der Waals surface area contributed by atoms with Gasteiger partial charge >= 0.3 is 11.9 Å². The van der Waals surface area contributed by atoms with E-state index in [-0.39, 0.29) is 36.0 Å². The molecular weight excluding hydrogens is 570 g/mol. The lowest BCUT2D eigenvalue weighted by atomic mass is 9.88. The highest BCUT2D eigenvalue weighted by atomic mass is 16.5. The largest absolute Gasteiger partial charge is 0.462 e. The van der Waals surface area contributed by atoms with Gasteiger partial charge < -0.3 is 14.4 Å². The third-order valence-electron chi connectivity index (χ3n) is 10.6. The summed E-state index contributed by atoms with van der Waals surface area (Å²) in [5.41, 5.74) is 0. The molecule has 1 aliphatic rings. The Balaban J connectivity index is 2.72. The topological polar surface area (TPSA) is 55.8 Å². The second-order valence-electron chi connectivity index (χ2n) is 15.2. The van der Waals surface area contributed by atoms with Crippen molar-refractivity contribution in [2.75, 3.05) is 20.6 Å². The quantitative estimate of drug-likeness (QED) is 0.0552. The lowest BCUT2D eigenvalue weighted by molar-refractivity contribution is -0.152. The fourth-order valence-corrected chi connectivity index (χ4v) is 7.43. The zero-order chi connectivity index (χ0) is 33.8. The van der Waals surface area contributed by atoms with Crippen LogP contribution in [0.2, 0.25) is 0 Å². The molecule has 0 saturated heterocycles. The van der Waals surface area contributed by atoms with Crippen molar-refractivity contribution in [2.45, 2.75) is 213 Å². The zero-order valence-electron chi connectivity index (χ0n) is 31.8. The minimum absolute atomic E-state index is 0.0244. The van der Waals surface area contributed by atoms with Gasteiger partial charge in [0.25, 0.3) is 0 Å². The summed E-state index contributed by atoms with van der Waals surface area (Å²) in [6.45, 7) is 9.90. The summed E-state index contributed by atoms with van der Waals surface area (Å²) >= 11 is 0. The van der Waals surface area contributed by atoms with E-state index in [4.69, 9.17) is 9.47 Å². The van der Waals surface area contributed by atoms with E-state index < -0.39 is 0 Å². The normalized spacial score (nSPS) is 18.8. The monoisotopic (exact) mass is 650 g/mol. The molecule has 0 bridgehead atoms. The standard InChI is InChI=1S/C41H79NO4/c1-7-10-13-16-19-22-26-36(27-23-20-17-14-11-8-2)33-38(28-24-21-18-15-12-9-3)45-41(44)34-37-30-31-39(35(37)4)46-40(43)29-25-32-42(5)6/h35-39H,7-34H2,1-6H3. The van der Waals surface area contributed by atoms with Crippen molar-refractivity contribution in [2.24, 2.45) is 17.8 Å². The van der Waals surface area contributed by atoms with Crippen molar-refractivity contribution in [3.8, 4) is 0 Å². The van der Waals surface area contributed by atoms with Crippen LogP contribution in [0.3, 0.4) is 0 Å². The molecule has 0 aliphatic heterocycles. The van der Waals surface area contributed by atoms with Crippen LogP contribution in [0.25, 0.3) is 0 Å². The molecule has 46 heavy (non-hydrogen) atoms. The highest BCUT2D eigenvalue weighted by Gasteiger charge is 2.37. The molecule has 5 heteroatoms.